The summed E-state index contributed by atoms with van der Waals surface area (Å²) >= 11 is 0. The molecule has 3 N–H and O–H groups in total. The van der Waals surface area contributed by atoms with Gasteiger partial charge in [-0.15, -0.1) is 0 Å². The van der Waals surface area contributed by atoms with Crippen molar-refractivity contribution in [1.82, 2.24) is 0 Å². The molecule has 4 nitrogen and oxygen atoms in total. The lowest BCUT2D eigenvalue weighted by Crippen LogP contribution is -2.57. The van der Waals surface area contributed by atoms with Crippen LogP contribution in [-0.4, -0.2) is 26.4 Å². The predicted molar refractivity (Wildman–Crippen MR) is 74.0 cm³/mol. The minimum atomic E-state index is 0.132. The molecule has 0 aliphatic heterocycles. The summed E-state index contributed by atoms with van der Waals surface area (Å²) in [7, 11) is 3.42. The highest BCUT2D eigenvalue weighted by Crippen LogP contribution is 2.44. The van der Waals surface area contributed by atoms with E-state index in [-0.39, 0.29) is 5.41 Å². The second-order valence-electron chi connectivity index (χ2n) is 5.47. The first kappa shape index (κ1) is 13.0. The van der Waals surface area contributed by atoms with Gasteiger partial charge in [0.1, 0.15) is 5.75 Å². The first-order valence-corrected chi connectivity index (χ1v) is 6.21. The topological polar surface area (TPSA) is 56.5 Å². The van der Waals surface area contributed by atoms with Gasteiger partial charge in [0.15, 0.2) is 0 Å². The van der Waals surface area contributed by atoms with Crippen LogP contribution in [0.1, 0.15) is 20.3 Å². The molecule has 2 unspecified atom stereocenters. The molecule has 1 aromatic carbocycles. The van der Waals surface area contributed by atoms with E-state index in [0.29, 0.717) is 17.8 Å². The summed E-state index contributed by atoms with van der Waals surface area (Å²) in [5.41, 5.74) is 7.68. The quantitative estimate of drug-likeness (QED) is 0.806. The van der Waals surface area contributed by atoms with Crippen LogP contribution in [0.25, 0.3) is 0 Å². The summed E-state index contributed by atoms with van der Waals surface area (Å²) in [4.78, 5) is 0. The SMILES string of the molecule is COc1cc(N)cc(NC2CC(OC)C2(C)C)c1. The van der Waals surface area contributed by atoms with E-state index < -0.39 is 0 Å². The Morgan fingerprint density at radius 3 is 2.56 bits per heavy atom. The summed E-state index contributed by atoms with van der Waals surface area (Å²) in [5.74, 6) is 0.776. The van der Waals surface area contributed by atoms with Crippen LogP contribution in [0.2, 0.25) is 0 Å². The van der Waals surface area contributed by atoms with E-state index in [9.17, 15) is 0 Å². The van der Waals surface area contributed by atoms with Crippen LogP contribution in [-0.2, 0) is 4.74 Å². The zero-order chi connectivity index (χ0) is 13.3. The molecule has 100 valence electrons. The molecule has 0 heterocycles. The number of benzene rings is 1. The smallest absolute Gasteiger partial charge is 0.122 e. The molecule has 0 radical (unpaired) electrons. The third-order valence-electron chi connectivity index (χ3n) is 3.97. The molecule has 0 bridgehead atoms. The second-order valence-corrected chi connectivity index (χ2v) is 5.47. The molecule has 1 saturated carbocycles. The van der Waals surface area contributed by atoms with Gasteiger partial charge in [-0.1, -0.05) is 13.8 Å². The Labute approximate surface area is 108 Å². The average Bonchev–Trinajstić information content (AvgIpc) is 2.33. The van der Waals surface area contributed by atoms with Gasteiger partial charge < -0.3 is 20.5 Å². The van der Waals surface area contributed by atoms with Gasteiger partial charge in [0.2, 0.25) is 0 Å². The van der Waals surface area contributed by atoms with Gasteiger partial charge in [0.25, 0.3) is 0 Å². The van der Waals surface area contributed by atoms with Gasteiger partial charge in [0.05, 0.1) is 13.2 Å². The maximum absolute atomic E-state index is 5.85. The van der Waals surface area contributed by atoms with Crippen molar-refractivity contribution < 1.29 is 9.47 Å². The number of nitrogen functional groups attached to an aromatic ring is 1. The van der Waals surface area contributed by atoms with E-state index in [2.05, 4.69) is 19.2 Å². The fourth-order valence-electron chi connectivity index (χ4n) is 2.55. The van der Waals surface area contributed by atoms with Gasteiger partial charge in [0, 0.05) is 42.1 Å². The minimum Gasteiger partial charge on any atom is -0.497 e. The third kappa shape index (κ3) is 2.25. The number of methoxy groups -OCH3 is 2. The fraction of sp³-hybridized carbons (Fsp3) is 0.571. The average molecular weight is 250 g/mol. The van der Waals surface area contributed by atoms with E-state index in [1.165, 1.54) is 0 Å². The van der Waals surface area contributed by atoms with Crippen LogP contribution < -0.4 is 15.8 Å². The van der Waals surface area contributed by atoms with Crippen LogP contribution in [0.4, 0.5) is 11.4 Å². The lowest BCUT2D eigenvalue weighted by Gasteiger charge is -2.51. The fourth-order valence-corrected chi connectivity index (χ4v) is 2.55. The van der Waals surface area contributed by atoms with Crippen molar-refractivity contribution in [2.45, 2.75) is 32.4 Å². The summed E-state index contributed by atoms with van der Waals surface area (Å²) < 4.78 is 10.7. The number of rotatable bonds is 4. The van der Waals surface area contributed by atoms with Crippen LogP contribution >= 0.6 is 0 Å². The second kappa shape index (κ2) is 4.69. The van der Waals surface area contributed by atoms with E-state index in [1.807, 2.05) is 18.2 Å². The molecule has 0 amide bonds. The Hall–Kier alpha value is -1.42. The summed E-state index contributed by atoms with van der Waals surface area (Å²) in [5, 5.41) is 3.51. The Morgan fingerprint density at radius 1 is 1.28 bits per heavy atom. The zero-order valence-electron chi connectivity index (χ0n) is 11.5. The lowest BCUT2D eigenvalue weighted by molar-refractivity contribution is -0.0794. The van der Waals surface area contributed by atoms with Crippen LogP contribution in [0.3, 0.4) is 0 Å². The Kier molecular flexibility index (Phi) is 3.39. The highest BCUT2D eigenvalue weighted by molar-refractivity contribution is 5.60. The molecular weight excluding hydrogens is 228 g/mol. The molecule has 0 spiro atoms. The summed E-state index contributed by atoms with van der Waals surface area (Å²) in [6.45, 7) is 4.43. The van der Waals surface area contributed by atoms with E-state index >= 15 is 0 Å². The Morgan fingerprint density at radius 2 is 2.00 bits per heavy atom. The van der Waals surface area contributed by atoms with E-state index in [0.717, 1.165) is 17.9 Å². The van der Waals surface area contributed by atoms with E-state index in [4.69, 9.17) is 15.2 Å². The normalized spacial score (nSPS) is 25.3. The molecule has 0 saturated heterocycles. The van der Waals surface area contributed by atoms with Crippen LogP contribution in [0.5, 0.6) is 5.75 Å². The van der Waals surface area contributed by atoms with Gasteiger partial charge in [-0.05, 0) is 12.5 Å². The number of ether oxygens (including phenoxy) is 2. The molecule has 1 aromatic rings. The Bertz CT molecular complexity index is 432. The van der Waals surface area contributed by atoms with Crippen LogP contribution in [0, 0.1) is 5.41 Å². The largest absolute Gasteiger partial charge is 0.497 e. The molecule has 0 aromatic heterocycles. The van der Waals surface area contributed by atoms with Crippen molar-refractivity contribution in [2.24, 2.45) is 5.41 Å². The molecule has 2 atom stereocenters. The van der Waals surface area contributed by atoms with Gasteiger partial charge in [-0.25, -0.2) is 0 Å². The number of nitrogens with one attached hydrogen (secondary N) is 1. The third-order valence-corrected chi connectivity index (χ3v) is 3.97. The van der Waals surface area contributed by atoms with Crippen molar-refractivity contribution in [3.8, 4) is 5.75 Å². The van der Waals surface area contributed by atoms with Crippen LogP contribution in [0.15, 0.2) is 18.2 Å². The standard InChI is InChI=1S/C14H22N2O2/c1-14(2)12(8-13(14)18-4)16-10-5-9(15)6-11(7-10)17-3/h5-7,12-13,16H,8,15H2,1-4H3. The number of anilines is 2. The predicted octanol–water partition coefficient (Wildman–Crippen LogP) is 2.50. The highest BCUT2D eigenvalue weighted by atomic mass is 16.5. The number of hydrogen-bond donors (Lipinski definition) is 2. The number of nitrogens with two attached hydrogens (primary N) is 1. The van der Waals surface area contributed by atoms with Crippen molar-refractivity contribution in [1.29, 1.82) is 0 Å². The van der Waals surface area contributed by atoms with E-state index in [1.54, 1.807) is 14.2 Å². The first-order chi connectivity index (χ1) is 8.47. The summed E-state index contributed by atoms with van der Waals surface area (Å²) in [6, 6.07) is 6.11. The molecule has 1 aliphatic carbocycles. The molecular formula is C14H22N2O2. The number of hydrogen-bond acceptors (Lipinski definition) is 4. The van der Waals surface area contributed by atoms with Crippen molar-refractivity contribution in [3.05, 3.63) is 18.2 Å². The lowest BCUT2D eigenvalue weighted by atomic mass is 9.64. The summed E-state index contributed by atoms with van der Waals surface area (Å²) in [6.07, 6.45) is 1.33. The van der Waals surface area contributed by atoms with Gasteiger partial charge in [-0.3, -0.25) is 0 Å². The molecule has 2 rings (SSSR count). The molecule has 18 heavy (non-hydrogen) atoms. The van der Waals surface area contributed by atoms with Crippen molar-refractivity contribution in [2.75, 3.05) is 25.3 Å². The highest BCUT2D eigenvalue weighted by Gasteiger charge is 2.48. The molecule has 1 fully saturated rings. The first-order valence-electron chi connectivity index (χ1n) is 6.21. The maximum atomic E-state index is 5.85. The zero-order valence-corrected chi connectivity index (χ0v) is 11.5. The van der Waals surface area contributed by atoms with Gasteiger partial charge in [-0.2, -0.15) is 0 Å². The molecule has 1 aliphatic rings. The minimum absolute atomic E-state index is 0.132. The van der Waals surface area contributed by atoms with Crippen molar-refractivity contribution >= 4 is 11.4 Å². The molecule has 4 heteroatoms. The van der Waals surface area contributed by atoms with Gasteiger partial charge >= 0.3 is 0 Å². The Balaban J connectivity index is 2.09. The monoisotopic (exact) mass is 250 g/mol. The van der Waals surface area contributed by atoms with Crippen molar-refractivity contribution in [3.63, 3.8) is 0 Å². The maximum Gasteiger partial charge on any atom is 0.122 e.